The van der Waals surface area contributed by atoms with Crippen molar-refractivity contribution in [1.82, 2.24) is 10.2 Å². The van der Waals surface area contributed by atoms with E-state index in [1.54, 1.807) is 6.08 Å². The van der Waals surface area contributed by atoms with Crippen molar-refractivity contribution in [2.75, 3.05) is 20.1 Å². The number of nitrogens with zero attached hydrogens (tertiary/aromatic N) is 2. The van der Waals surface area contributed by atoms with Gasteiger partial charge in [-0.3, -0.25) is 4.90 Å². The first-order valence-corrected chi connectivity index (χ1v) is 8.93. The lowest BCUT2D eigenvalue weighted by atomic mass is 9.89. The molecule has 2 heterocycles. The molecule has 2 aromatic carbocycles. The van der Waals surface area contributed by atoms with Crippen molar-refractivity contribution in [3.8, 4) is 0 Å². The first-order chi connectivity index (χ1) is 13.8. The fourth-order valence-electron chi connectivity index (χ4n) is 3.75. The Bertz CT molecular complexity index is 1040. The van der Waals surface area contributed by atoms with E-state index in [1.807, 2.05) is 11.9 Å². The zero-order chi connectivity index (χ0) is 20.7. The lowest BCUT2D eigenvalue weighted by molar-refractivity contribution is 0.368. The maximum atomic E-state index is 13.8. The summed E-state index contributed by atoms with van der Waals surface area (Å²) < 4.78 is 54.7. The van der Waals surface area contributed by atoms with Crippen LogP contribution < -0.4 is 11.1 Å². The van der Waals surface area contributed by atoms with Gasteiger partial charge in [-0.1, -0.05) is 0 Å². The number of rotatable bonds is 2. The van der Waals surface area contributed by atoms with Crippen LogP contribution in [0.3, 0.4) is 0 Å². The van der Waals surface area contributed by atoms with Crippen molar-refractivity contribution in [2.24, 2.45) is 10.7 Å². The average molecular weight is 439 g/mol. The van der Waals surface area contributed by atoms with Crippen LogP contribution in [0.1, 0.15) is 17.2 Å². The molecule has 4 nitrogen and oxygen atoms in total. The fraction of sp³-hybridized carbons (Fsp3) is 0.190. The minimum atomic E-state index is -0.704. The third kappa shape index (κ3) is 4.49. The molecule has 4 rings (SSSR count). The predicted octanol–water partition coefficient (Wildman–Crippen LogP) is 3.91. The lowest BCUT2D eigenvalue weighted by Crippen LogP contribution is -2.43. The van der Waals surface area contributed by atoms with E-state index in [1.165, 1.54) is 24.3 Å². The van der Waals surface area contributed by atoms with Gasteiger partial charge in [-0.05, 0) is 59.7 Å². The number of hydrogen-bond donors (Lipinski definition) is 2. The number of halogens is 5. The summed E-state index contributed by atoms with van der Waals surface area (Å²) in [6, 6.07) is 5.82. The van der Waals surface area contributed by atoms with Gasteiger partial charge in [0.05, 0.1) is 0 Å². The van der Waals surface area contributed by atoms with E-state index >= 15 is 0 Å². The van der Waals surface area contributed by atoms with Gasteiger partial charge in [0.15, 0.2) is 5.96 Å². The zero-order valence-electron chi connectivity index (χ0n) is 15.9. The van der Waals surface area contributed by atoms with Crippen molar-refractivity contribution in [3.63, 3.8) is 0 Å². The molecule has 2 aliphatic rings. The average Bonchev–Trinajstić information content (AvgIpc) is 2.60. The van der Waals surface area contributed by atoms with E-state index in [-0.39, 0.29) is 18.4 Å². The van der Waals surface area contributed by atoms with Crippen molar-refractivity contribution in [3.05, 3.63) is 87.6 Å². The molecule has 0 saturated heterocycles. The monoisotopic (exact) mass is 438 g/mol. The van der Waals surface area contributed by atoms with Gasteiger partial charge in [0, 0.05) is 30.9 Å². The van der Waals surface area contributed by atoms with E-state index in [4.69, 9.17) is 5.73 Å². The zero-order valence-corrected chi connectivity index (χ0v) is 16.7. The maximum Gasteiger partial charge on any atom is 0.194 e. The first-order valence-electron chi connectivity index (χ1n) is 8.93. The van der Waals surface area contributed by atoms with Gasteiger partial charge in [-0.25, -0.2) is 22.6 Å². The number of aliphatic imine (C=N–C) groups is 1. The highest BCUT2D eigenvalue weighted by atomic mass is 35.5. The van der Waals surface area contributed by atoms with Gasteiger partial charge >= 0.3 is 0 Å². The Kier molecular flexibility index (Phi) is 6.19. The molecule has 158 valence electrons. The highest BCUT2D eigenvalue weighted by Gasteiger charge is 2.31. The predicted molar refractivity (Wildman–Crippen MR) is 110 cm³/mol. The molecule has 2 aromatic rings. The summed E-state index contributed by atoms with van der Waals surface area (Å²) in [6.07, 6.45) is 1.66. The minimum absolute atomic E-state index is 0. The summed E-state index contributed by atoms with van der Waals surface area (Å²) in [5.41, 5.74) is 8.78. The quantitative estimate of drug-likeness (QED) is 0.699. The molecule has 0 spiro atoms. The Morgan fingerprint density at radius 2 is 1.53 bits per heavy atom. The second-order valence-corrected chi connectivity index (χ2v) is 7.19. The molecule has 9 heteroatoms. The highest BCUT2D eigenvalue weighted by Crippen LogP contribution is 2.36. The van der Waals surface area contributed by atoms with Crippen LogP contribution in [0.2, 0.25) is 0 Å². The van der Waals surface area contributed by atoms with Gasteiger partial charge in [0.1, 0.15) is 29.3 Å². The van der Waals surface area contributed by atoms with E-state index in [0.29, 0.717) is 29.9 Å². The normalized spacial score (nSPS) is 20.4. The van der Waals surface area contributed by atoms with Gasteiger partial charge in [0.25, 0.3) is 0 Å². The number of nitrogens with one attached hydrogen (secondary N) is 1. The standard InChI is InChI=1S/C21H18F4N4.ClH/c1-29-9-13(2-11-3-14(22)7-15(23)4-11)20-18(10-29)19(27-21(26)28-20)12-5-16(24)8-17(25)6-12;/h2-8,19H,9-10H2,1H3,(H3,26,27,28);1H/b13-2+;. The second kappa shape index (κ2) is 8.49. The SMILES string of the molecule is CN1CC2=C(NC(N)=NC2c2cc(F)cc(F)c2)/C(=C/c2cc(F)cc(F)c2)C1.Cl. The van der Waals surface area contributed by atoms with Crippen LogP contribution in [0, 0.1) is 23.3 Å². The largest absolute Gasteiger partial charge is 0.370 e. The molecule has 0 aliphatic carbocycles. The molecular weight excluding hydrogens is 420 g/mol. The summed E-state index contributed by atoms with van der Waals surface area (Å²) in [4.78, 5) is 6.32. The molecule has 0 saturated carbocycles. The molecule has 3 N–H and O–H groups in total. The van der Waals surface area contributed by atoms with E-state index in [0.717, 1.165) is 23.3 Å². The van der Waals surface area contributed by atoms with Crippen molar-refractivity contribution in [1.29, 1.82) is 0 Å². The third-order valence-electron chi connectivity index (χ3n) is 4.80. The lowest BCUT2D eigenvalue weighted by Gasteiger charge is -2.36. The van der Waals surface area contributed by atoms with E-state index in [9.17, 15) is 17.6 Å². The van der Waals surface area contributed by atoms with E-state index < -0.39 is 29.3 Å². The van der Waals surface area contributed by atoms with Crippen LogP contribution in [0.5, 0.6) is 0 Å². The van der Waals surface area contributed by atoms with Crippen molar-refractivity contribution in [2.45, 2.75) is 6.04 Å². The molecule has 0 amide bonds. The second-order valence-electron chi connectivity index (χ2n) is 7.19. The van der Waals surface area contributed by atoms with Crippen LogP contribution in [0.4, 0.5) is 17.6 Å². The van der Waals surface area contributed by atoms with Crippen LogP contribution in [0.15, 0.2) is 58.2 Å². The molecule has 0 bridgehead atoms. The van der Waals surface area contributed by atoms with Gasteiger partial charge < -0.3 is 11.1 Å². The summed E-state index contributed by atoms with van der Waals surface area (Å²) in [5, 5.41) is 3.00. The van der Waals surface area contributed by atoms with Gasteiger partial charge in [-0.2, -0.15) is 0 Å². The molecule has 1 unspecified atom stereocenters. The first kappa shape index (κ1) is 21.9. The van der Waals surface area contributed by atoms with Crippen LogP contribution in [0.25, 0.3) is 6.08 Å². The molecule has 30 heavy (non-hydrogen) atoms. The molecular formula is C21H19ClF4N4. The van der Waals surface area contributed by atoms with Crippen molar-refractivity contribution >= 4 is 24.4 Å². The molecule has 0 aromatic heterocycles. The number of likely N-dealkylation sites (N-methyl/N-ethyl adjacent to an activating group) is 1. The van der Waals surface area contributed by atoms with Gasteiger partial charge in [0.2, 0.25) is 0 Å². The van der Waals surface area contributed by atoms with Crippen LogP contribution >= 0.6 is 12.4 Å². The summed E-state index contributed by atoms with van der Waals surface area (Å²) in [7, 11) is 1.87. The smallest absolute Gasteiger partial charge is 0.194 e. The van der Waals surface area contributed by atoms with E-state index in [2.05, 4.69) is 10.3 Å². The van der Waals surface area contributed by atoms with Crippen molar-refractivity contribution < 1.29 is 17.6 Å². The molecule has 0 fully saturated rings. The topological polar surface area (TPSA) is 53.6 Å². The number of hydrogen-bond acceptors (Lipinski definition) is 4. The Morgan fingerprint density at radius 3 is 2.13 bits per heavy atom. The number of nitrogens with two attached hydrogens (primary N) is 1. The van der Waals surface area contributed by atoms with Crippen LogP contribution in [-0.2, 0) is 0 Å². The Hall–Kier alpha value is -2.84. The Balaban J connectivity index is 0.00000256. The summed E-state index contributed by atoms with van der Waals surface area (Å²) in [6.45, 7) is 0.970. The molecule has 2 aliphatic heterocycles. The Labute approximate surface area is 177 Å². The van der Waals surface area contributed by atoms with Crippen LogP contribution in [-0.4, -0.2) is 31.0 Å². The minimum Gasteiger partial charge on any atom is -0.370 e. The summed E-state index contributed by atoms with van der Waals surface area (Å²) in [5.74, 6) is -2.67. The third-order valence-corrected chi connectivity index (χ3v) is 4.80. The highest BCUT2D eigenvalue weighted by molar-refractivity contribution is 5.85. The number of guanidine groups is 1. The molecule has 0 radical (unpaired) electrons. The Morgan fingerprint density at radius 1 is 0.967 bits per heavy atom. The summed E-state index contributed by atoms with van der Waals surface area (Å²) >= 11 is 0. The molecule has 1 atom stereocenters. The van der Waals surface area contributed by atoms with Gasteiger partial charge in [-0.15, -0.1) is 12.4 Å². The maximum absolute atomic E-state index is 13.8. The number of benzene rings is 2. The fourth-order valence-corrected chi connectivity index (χ4v) is 3.75.